The molecule has 3 aliphatic rings. The monoisotopic (exact) mass is 811 g/mol. The highest BCUT2D eigenvalue weighted by Gasteiger charge is 2.38. The van der Waals surface area contributed by atoms with Gasteiger partial charge in [-0.2, -0.15) is 0 Å². The van der Waals surface area contributed by atoms with Crippen LogP contribution in [0.5, 0.6) is 0 Å². The molecule has 0 N–H and O–H groups in total. The molecule has 9 aromatic carbocycles. The fourth-order valence-electron chi connectivity index (χ4n) is 12.0. The van der Waals surface area contributed by atoms with Crippen LogP contribution in [0.15, 0.2) is 182 Å². The molecule has 1 saturated carbocycles. The van der Waals surface area contributed by atoms with E-state index in [9.17, 15) is 0 Å². The van der Waals surface area contributed by atoms with Crippen molar-refractivity contribution in [2.45, 2.75) is 76.5 Å². The molecule has 0 heterocycles. The molecule has 0 unspecified atom stereocenters. The molecule has 0 spiro atoms. The Morgan fingerprint density at radius 1 is 0.397 bits per heavy atom. The van der Waals surface area contributed by atoms with Gasteiger partial charge in [0, 0.05) is 27.8 Å². The summed E-state index contributed by atoms with van der Waals surface area (Å²) in [4.78, 5) is 2.52. The molecule has 1 heteroatoms. The zero-order valence-electron chi connectivity index (χ0n) is 36.9. The normalized spacial score (nSPS) is 15.8. The average molecular weight is 812 g/mol. The fraction of sp³-hybridized carbons (Fsp3) is 0.194. The second kappa shape index (κ2) is 14.4. The third kappa shape index (κ3) is 5.89. The topological polar surface area (TPSA) is 3.24 Å². The molecule has 1 nitrogen and oxygen atoms in total. The van der Waals surface area contributed by atoms with Gasteiger partial charge in [0.1, 0.15) is 0 Å². The Hall–Kier alpha value is -6.70. The van der Waals surface area contributed by atoms with Crippen molar-refractivity contribution in [1.29, 1.82) is 0 Å². The SMILES string of the molecule is CC1(C)c2ccccc2-c2cc(N(c3ccc(-c4cccc5c4-c4cc(C6CCCCC6)ccc4C5(C)C)cc3)c3ccc4ccccc4c3-c3cccc4ccccc34)ccc21. The smallest absolute Gasteiger partial charge is 0.0546 e. The minimum absolute atomic E-state index is 0.0582. The second-order valence-corrected chi connectivity index (χ2v) is 19.5. The summed E-state index contributed by atoms with van der Waals surface area (Å²) in [5, 5.41) is 4.98. The summed E-state index contributed by atoms with van der Waals surface area (Å²) >= 11 is 0. The molecule has 63 heavy (non-hydrogen) atoms. The van der Waals surface area contributed by atoms with Crippen LogP contribution in [0.1, 0.15) is 93.5 Å². The van der Waals surface area contributed by atoms with Crippen LogP contribution in [0.25, 0.3) is 66.1 Å². The minimum atomic E-state index is -0.0751. The maximum atomic E-state index is 2.57. The minimum Gasteiger partial charge on any atom is -0.310 e. The molecule has 12 rings (SSSR count). The van der Waals surface area contributed by atoms with Gasteiger partial charge in [-0.25, -0.2) is 0 Å². The van der Waals surface area contributed by atoms with Crippen LogP contribution in [0, 0.1) is 0 Å². The predicted octanol–water partition coefficient (Wildman–Crippen LogP) is 17.5. The molecule has 306 valence electrons. The summed E-state index contributed by atoms with van der Waals surface area (Å²) in [6, 6.07) is 69.3. The van der Waals surface area contributed by atoms with E-state index in [-0.39, 0.29) is 10.8 Å². The standard InChI is InChI=1S/C62H53N/c1-61(2)54-26-13-12-23-50(54)52-39-46(34-36-55(52)61)63(58-37-31-42-19-9-11-22-49(42)60(58)51-25-14-20-41-18-8-10-21-47(41)51)45-32-28-43(29-33-45)48-24-15-27-57-59(48)53-38-44(40-16-6-5-7-17-40)30-35-56(53)62(57,3)4/h8-15,18-40H,5-7,16-17H2,1-4H3. The highest BCUT2D eigenvalue weighted by atomic mass is 15.1. The molecule has 0 radical (unpaired) electrons. The van der Waals surface area contributed by atoms with Gasteiger partial charge in [-0.15, -0.1) is 0 Å². The molecule has 0 atom stereocenters. The van der Waals surface area contributed by atoms with Crippen molar-refractivity contribution in [2.24, 2.45) is 0 Å². The van der Waals surface area contributed by atoms with E-state index in [0.717, 1.165) is 17.1 Å². The summed E-state index contributed by atoms with van der Waals surface area (Å²) in [5.74, 6) is 0.668. The van der Waals surface area contributed by atoms with Crippen LogP contribution < -0.4 is 4.90 Å². The Bertz CT molecular complexity index is 3260. The van der Waals surface area contributed by atoms with Gasteiger partial charge in [0.2, 0.25) is 0 Å². The summed E-state index contributed by atoms with van der Waals surface area (Å²) in [7, 11) is 0. The first-order valence-corrected chi connectivity index (χ1v) is 23.2. The molecular formula is C62H53N. The summed E-state index contributed by atoms with van der Waals surface area (Å²) < 4.78 is 0. The molecule has 3 aliphatic carbocycles. The van der Waals surface area contributed by atoms with Crippen molar-refractivity contribution >= 4 is 38.6 Å². The lowest BCUT2D eigenvalue weighted by atomic mass is 9.80. The number of rotatable bonds is 6. The number of hydrogen-bond acceptors (Lipinski definition) is 1. The third-order valence-electron chi connectivity index (χ3n) is 15.3. The van der Waals surface area contributed by atoms with E-state index in [4.69, 9.17) is 0 Å². The van der Waals surface area contributed by atoms with Crippen LogP contribution >= 0.6 is 0 Å². The van der Waals surface area contributed by atoms with Crippen LogP contribution in [-0.2, 0) is 10.8 Å². The molecule has 0 amide bonds. The van der Waals surface area contributed by atoms with E-state index in [1.54, 1.807) is 0 Å². The molecule has 9 aromatic rings. The van der Waals surface area contributed by atoms with Crippen molar-refractivity contribution in [3.8, 4) is 44.5 Å². The van der Waals surface area contributed by atoms with Crippen LogP contribution in [0.4, 0.5) is 17.1 Å². The van der Waals surface area contributed by atoms with E-state index >= 15 is 0 Å². The van der Waals surface area contributed by atoms with E-state index in [2.05, 4.69) is 215 Å². The van der Waals surface area contributed by atoms with Gasteiger partial charge in [-0.05, 0) is 137 Å². The largest absolute Gasteiger partial charge is 0.310 e. The lowest BCUT2D eigenvalue weighted by Gasteiger charge is -2.30. The number of benzene rings is 9. The van der Waals surface area contributed by atoms with Gasteiger partial charge in [-0.1, -0.05) is 199 Å². The van der Waals surface area contributed by atoms with Gasteiger partial charge in [-0.3, -0.25) is 0 Å². The van der Waals surface area contributed by atoms with Gasteiger partial charge in [0.05, 0.1) is 5.69 Å². The first-order valence-electron chi connectivity index (χ1n) is 23.2. The van der Waals surface area contributed by atoms with Crippen LogP contribution in [0.3, 0.4) is 0 Å². The number of anilines is 3. The van der Waals surface area contributed by atoms with Gasteiger partial charge < -0.3 is 4.90 Å². The first kappa shape index (κ1) is 38.0. The van der Waals surface area contributed by atoms with Crippen LogP contribution in [0.2, 0.25) is 0 Å². The Kier molecular flexibility index (Phi) is 8.71. The maximum Gasteiger partial charge on any atom is 0.0546 e. The van der Waals surface area contributed by atoms with E-state index < -0.39 is 0 Å². The Balaban J connectivity index is 1.06. The number of nitrogens with zero attached hydrogens (tertiary/aromatic N) is 1. The molecule has 1 fully saturated rings. The van der Waals surface area contributed by atoms with E-state index in [1.807, 2.05) is 0 Å². The van der Waals surface area contributed by atoms with Crippen molar-refractivity contribution in [2.75, 3.05) is 4.90 Å². The quantitative estimate of drug-likeness (QED) is 0.162. The van der Waals surface area contributed by atoms with Crippen molar-refractivity contribution in [3.05, 3.63) is 210 Å². The lowest BCUT2D eigenvalue weighted by Crippen LogP contribution is -2.15. The zero-order chi connectivity index (χ0) is 42.5. The van der Waals surface area contributed by atoms with Crippen LogP contribution in [-0.4, -0.2) is 0 Å². The molecule has 0 bridgehead atoms. The van der Waals surface area contributed by atoms with Gasteiger partial charge >= 0.3 is 0 Å². The van der Waals surface area contributed by atoms with Crippen molar-refractivity contribution < 1.29 is 0 Å². The molecule has 0 aliphatic heterocycles. The van der Waals surface area contributed by atoms with E-state index in [0.29, 0.717) is 5.92 Å². The highest BCUT2D eigenvalue weighted by Crippen LogP contribution is 2.55. The summed E-state index contributed by atoms with van der Waals surface area (Å²) in [6.07, 6.45) is 6.68. The predicted molar refractivity (Wildman–Crippen MR) is 268 cm³/mol. The summed E-state index contributed by atoms with van der Waals surface area (Å²) in [5.41, 5.74) is 21.0. The summed E-state index contributed by atoms with van der Waals surface area (Å²) in [6.45, 7) is 9.56. The van der Waals surface area contributed by atoms with Gasteiger partial charge in [0.25, 0.3) is 0 Å². The Morgan fingerprint density at radius 3 is 1.81 bits per heavy atom. The molecule has 0 aromatic heterocycles. The average Bonchev–Trinajstić information content (AvgIpc) is 3.70. The molecular weight excluding hydrogens is 759 g/mol. The highest BCUT2D eigenvalue weighted by molar-refractivity contribution is 6.11. The fourth-order valence-corrected chi connectivity index (χ4v) is 12.0. The first-order chi connectivity index (χ1) is 30.8. The number of fused-ring (bicyclic) bond motifs is 8. The van der Waals surface area contributed by atoms with Gasteiger partial charge in [0.15, 0.2) is 0 Å². The zero-order valence-corrected chi connectivity index (χ0v) is 36.9. The van der Waals surface area contributed by atoms with Crippen molar-refractivity contribution in [3.63, 3.8) is 0 Å². The second-order valence-electron chi connectivity index (χ2n) is 19.5. The maximum absolute atomic E-state index is 2.57. The Labute approximate surface area is 372 Å². The molecule has 0 saturated heterocycles. The lowest BCUT2D eigenvalue weighted by molar-refractivity contribution is 0.443. The van der Waals surface area contributed by atoms with E-state index in [1.165, 1.54) is 126 Å². The Morgan fingerprint density at radius 2 is 0.984 bits per heavy atom. The third-order valence-corrected chi connectivity index (χ3v) is 15.3. The number of hydrogen-bond donors (Lipinski definition) is 0. The van der Waals surface area contributed by atoms with Crippen molar-refractivity contribution in [1.82, 2.24) is 0 Å².